The number of aromatic nitrogens is 1. The van der Waals surface area contributed by atoms with Gasteiger partial charge in [-0.2, -0.15) is 0 Å². The van der Waals surface area contributed by atoms with Crippen LogP contribution in [0, 0.1) is 0 Å². The van der Waals surface area contributed by atoms with E-state index in [1.54, 1.807) is 0 Å². The van der Waals surface area contributed by atoms with Crippen LogP contribution in [0.1, 0.15) is 0 Å². The van der Waals surface area contributed by atoms with Crippen molar-refractivity contribution in [3.63, 3.8) is 0 Å². The number of hydrogen-bond acceptors (Lipinski definition) is 1. The molecule has 270 valence electrons. The molecule has 11 aromatic carbocycles. The number of benzene rings is 11. The maximum atomic E-state index is 2.47. The lowest BCUT2D eigenvalue weighted by atomic mass is 9.92. The van der Waals surface area contributed by atoms with Crippen LogP contribution in [-0.4, -0.2) is 4.57 Å². The zero-order chi connectivity index (χ0) is 38.2. The highest BCUT2D eigenvalue weighted by Crippen LogP contribution is 2.44. The number of anilines is 3. The van der Waals surface area contributed by atoms with Crippen molar-refractivity contribution in [3.8, 4) is 27.9 Å². The third-order valence-electron chi connectivity index (χ3n) is 12.1. The van der Waals surface area contributed by atoms with Crippen molar-refractivity contribution in [2.45, 2.75) is 0 Å². The van der Waals surface area contributed by atoms with Crippen molar-refractivity contribution in [1.29, 1.82) is 0 Å². The number of rotatable bonds is 6. The molecular formula is C56H36N2. The SMILES string of the molecule is c1ccc(-c2ccc(-n3c4cc(-c5ccc(N(c6ccccc6)c6ccc7ccccc7c6)cc5)ccc4c4c5ccc6cccc7ccc(cc43)c5c76)cc2)cc1. The van der Waals surface area contributed by atoms with Crippen LogP contribution in [0.25, 0.3) is 92.8 Å². The fourth-order valence-electron chi connectivity index (χ4n) is 9.35. The molecular weight excluding hydrogens is 701 g/mol. The second-order valence-corrected chi connectivity index (χ2v) is 15.4. The first-order chi connectivity index (χ1) is 28.7. The van der Waals surface area contributed by atoms with Crippen LogP contribution in [0.15, 0.2) is 218 Å². The fraction of sp³-hybridized carbons (Fsp3) is 0. The zero-order valence-corrected chi connectivity index (χ0v) is 31.7. The molecule has 2 nitrogen and oxygen atoms in total. The normalized spacial score (nSPS) is 11.8. The fourth-order valence-corrected chi connectivity index (χ4v) is 9.35. The Morgan fingerprint density at radius 2 is 0.828 bits per heavy atom. The van der Waals surface area contributed by atoms with Crippen molar-refractivity contribution in [2.75, 3.05) is 4.90 Å². The molecule has 58 heavy (non-hydrogen) atoms. The summed E-state index contributed by atoms with van der Waals surface area (Å²) in [6.45, 7) is 0. The molecule has 0 N–H and O–H groups in total. The Balaban J connectivity index is 1.04. The predicted molar refractivity (Wildman–Crippen MR) is 248 cm³/mol. The number of hydrogen-bond donors (Lipinski definition) is 0. The minimum Gasteiger partial charge on any atom is -0.310 e. The van der Waals surface area contributed by atoms with E-state index in [-0.39, 0.29) is 0 Å². The molecule has 0 aliphatic heterocycles. The molecule has 12 rings (SSSR count). The highest BCUT2D eigenvalue weighted by atomic mass is 15.1. The average molecular weight is 737 g/mol. The molecule has 0 saturated carbocycles. The van der Waals surface area contributed by atoms with Gasteiger partial charge >= 0.3 is 0 Å². The molecule has 0 aliphatic carbocycles. The molecule has 0 unspecified atom stereocenters. The van der Waals surface area contributed by atoms with Crippen LogP contribution in [-0.2, 0) is 0 Å². The van der Waals surface area contributed by atoms with Gasteiger partial charge in [-0.15, -0.1) is 0 Å². The van der Waals surface area contributed by atoms with Crippen LogP contribution in [0.4, 0.5) is 17.1 Å². The van der Waals surface area contributed by atoms with E-state index in [9.17, 15) is 0 Å². The Kier molecular flexibility index (Phi) is 7.26. The van der Waals surface area contributed by atoms with Crippen LogP contribution in [0.2, 0.25) is 0 Å². The quantitative estimate of drug-likeness (QED) is 0.154. The average Bonchev–Trinajstić information content (AvgIpc) is 3.62. The summed E-state index contributed by atoms with van der Waals surface area (Å²) < 4.78 is 2.47. The van der Waals surface area contributed by atoms with E-state index in [2.05, 4.69) is 228 Å². The molecule has 1 heterocycles. The smallest absolute Gasteiger partial charge is 0.0553 e. The lowest BCUT2D eigenvalue weighted by Crippen LogP contribution is -2.09. The lowest BCUT2D eigenvalue weighted by molar-refractivity contribution is 1.18. The largest absolute Gasteiger partial charge is 0.310 e. The summed E-state index contributed by atoms with van der Waals surface area (Å²) in [5.41, 5.74) is 11.7. The summed E-state index contributed by atoms with van der Waals surface area (Å²) in [5, 5.41) is 12.8. The molecule has 0 atom stereocenters. The van der Waals surface area contributed by atoms with Crippen molar-refractivity contribution in [3.05, 3.63) is 218 Å². The van der Waals surface area contributed by atoms with Gasteiger partial charge in [0.15, 0.2) is 0 Å². The summed E-state index contributed by atoms with van der Waals surface area (Å²) in [7, 11) is 0. The third kappa shape index (κ3) is 5.12. The highest BCUT2D eigenvalue weighted by Gasteiger charge is 2.20. The molecule has 0 radical (unpaired) electrons. The molecule has 0 amide bonds. The molecule has 0 bridgehead atoms. The second-order valence-electron chi connectivity index (χ2n) is 15.4. The number of fused-ring (bicyclic) bond motifs is 5. The summed E-state index contributed by atoms with van der Waals surface area (Å²) >= 11 is 0. The Morgan fingerprint density at radius 1 is 0.276 bits per heavy atom. The van der Waals surface area contributed by atoms with Gasteiger partial charge < -0.3 is 9.47 Å². The van der Waals surface area contributed by atoms with Gasteiger partial charge in [0.1, 0.15) is 0 Å². The summed E-state index contributed by atoms with van der Waals surface area (Å²) in [4.78, 5) is 2.34. The molecule has 12 aromatic rings. The summed E-state index contributed by atoms with van der Waals surface area (Å²) in [6.07, 6.45) is 0. The van der Waals surface area contributed by atoms with Crippen molar-refractivity contribution < 1.29 is 0 Å². The first kappa shape index (κ1) is 32.6. The van der Waals surface area contributed by atoms with Gasteiger partial charge in [0.25, 0.3) is 0 Å². The molecule has 0 saturated heterocycles. The van der Waals surface area contributed by atoms with Crippen LogP contribution < -0.4 is 4.90 Å². The Bertz CT molecular complexity index is 3460. The maximum absolute atomic E-state index is 2.47. The van der Waals surface area contributed by atoms with Crippen molar-refractivity contribution in [1.82, 2.24) is 4.57 Å². The maximum Gasteiger partial charge on any atom is 0.0553 e. The zero-order valence-electron chi connectivity index (χ0n) is 31.7. The van der Waals surface area contributed by atoms with E-state index in [4.69, 9.17) is 0 Å². The Labute approximate surface area is 336 Å². The lowest BCUT2D eigenvalue weighted by Gasteiger charge is -2.26. The Morgan fingerprint density at radius 3 is 1.62 bits per heavy atom. The highest BCUT2D eigenvalue weighted by molar-refractivity contribution is 6.33. The van der Waals surface area contributed by atoms with Gasteiger partial charge in [-0.3, -0.25) is 0 Å². The molecule has 2 heteroatoms. The minimum absolute atomic E-state index is 1.11. The van der Waals surface area contributed by atoms with E-state index in [1.807, 2.05) is 0 Å². The van der Waals surface area contributed by atoms with Crippen LogP contribution >= 0.6 is 0 Å². The van der Waals surface area contributed by atoms with Crippen LogP contribution in [0.3, 0.4) is 0 Å². The van der Waals surface area contributed by atoms with Gasteiger partial charge in [0.05, 0.1) is 11.0 Å². The van der Waals surface area contributed by atoms with E-state index in [0.29, 0.717) is 0 Å². The second kappa shape index (κ2) is 12.9. The van der Waals surface area contributed by atoms with Crippen molar-refractivity contribution in [2.24, 2.45) is 0 Å². The molecule has 0 aliphatic rings. The summed E-state index contributed by atoms with van der Waals surface area (Å²) in [6, 6.07) is 80.0. The molecule has 0 spiro atoms. The van der Waals surface area contributed by atoms with Gasteiger partial charge in [0, 0.05) is 33.5 Å². The van der Waals surface area contributed by atoms with Gasteiger partial charge in [0.2, 0.25) is 0 Å². The first-order valence-corrected chi connectivity index (χ1v) is 20.0. The van der Waals surface area contributed by atoms with E-state index >= 15 is 0 Å². The molecule has 0 fully saturated rings. The van der Waals surface area contributed by atoms with Crippen LogP contribution in [0.5, 0.6) is 0 Å². The standard InChI is InChI=1S/C56H36N2/c1-3-10-37(11-4-1)39-20-29-48(30-21-39)58-52-35-44(26-32-50(52)56-51-33-25-42-15-9-14-41-18-19-45(36-53(56)58)55(51)54(41)42)40-22-27-47(28-23-40)57(46-16-5-2-6-17-46)49-31-24-38-12-7-8-13-43(38)34-49/h1-36H. The first-order valence-electron chi connectivity index (χ1n) is 20.0. The summed E-state index contributed by atoms with van der Waals surface area (Å²) in [5.74, 6) is 0. The van der Waals surface area contributed by atoms with Gasteiger partial charge in [-0.05, 0) is 126 Å². The third-order valence-corrected chi connectivity index (χ3v) is 12.1. The minimum atomic E-state index is 1.11. The van der Waals surface area contributed by atoms with Gasteiger partial charge in [-0.25, -0.2) is 0 Å². The predicted octanol–water partition coefficient (Wildman–Crippen LogP) is 15.6. The number of para-hydroxylation sites is 1. The van der Waals surface area contributed by atoms with Crippen molar-refractivity contribution >= 4 is 82.0 Å². The molecule has 1 aromatic heterocycles. The Hall–Kier alpha value is -7.68. The van der Waals surface area contributed by atoms with E-state index in [0.717, 1.165) is 22.7 Å². The monoisotopic (exact) mass is 736 g/mol. The number of nitrogens with zero attached hydrogens (tertiary/aromatic N) is 2. The van der Waals surface area contributed by atoms with E-state index < -0.39 is 0 Å². The van der Waals surface area contributed by atoms with Gasteiger partial charge in [-0.1, -0.05) is 158 Å². The van der Waals surface area contributed by atoms with E-state index in [1.165, 1.54) is 87.1 Å². The topological polar surface area (TPSA) is 8.17 Å².